The molecule has 0 saturated heterocycles. The zero-order valence-corrected chi connectivity index (χ0v) is 16.1. The Morgan fingerprint density at radius 1 is 0.966 bits per heavy atom. The summed E-state index contributed by atoms with van der Waals surface area (Å²) in [7, 11) is 0. The molecule has 29 heavy (non-hydrogen) atoms. The highest BCUT2D eigenvalue weighted by molar-refractivity contribution is 5.97. The zero-order valence-electron chi connectivity index (χ0n) is 16.1. The zero-order chi connectivity index (χ0) is 21.4. The summed E-state index contributed by atoms with van der Waals surface area (Å²) in [5.41, 5.74) is 14.4. The number of amides is 2. The Morgan fingerprint density at radius 3 is 1.90 bits per heavy atom. The first kappa shape index (κ1) is 21.5. The largest absolute Gasteiger partial charge is 0.399 e. The second-order valence-corrected chi connectivity index (χ2v) is 6.90. The molecule has 0 saturated carbocycles. The fourth-order valence-corrected chi connectivity index (χ4v) is 2.35. The minimum absolute atomic E-state index is 0.323. The minimum atomic E-state index is -1.11. The number of anilines is 1. The third-order valence-electron chi connectivity index (χ3n) is 3.93. The number of rotatable bonds is 4. The van der Waals surface area contributed by atoms with Gasteiger partial charge in [0.2, 0.25) is 0 Å². The van der Waals surface area contributed by atoms with E-state index in [0.29, 0.717) is 16.8 Å². The molecule has 0 aliphatic rings. The van der Waals surface area contributed by atoms with Crippen molar-refractivity contribution in [1.29, 1.82) is 0 Å². The van der Waals surface area contributed by atoms with Gasteiger partial charge in [-0.3, -0.25) is 14.8 Å². The molecule has 2 aromatic carbocycles. The van der Waals surface area contributed by atoms with Crippen molar-refractivity contribution in [1.82, 2.24) is 10.8 Å². The van der Waals surface area contributed by atoms with Crippen LogP contribution in [-0.2, 0) is 4.79 Å². The molecule has 7 N–H and O–H groups in total. The van der Waals surface area contributed by atoms with E-state index in [1.165, 1.54) is 5.48 Å². The second-order valence-electron chi connectivity index (χ2n) is 6.90. The van der Waals surface area contributed by atoms with Crippen LogP contribution in [0.25, 0.3) is 0 Å². The summed E-state index contributed by atoms with van der Waals surface area (Å²) in [5.74, 6) is 10.0. The van der Waals surface area contributed by atoms with Crippen LogP contribution in [0.4, 0.5) is 5.69 Å². The first-order valence-corrected chi connectivity index (χ1v) is 8.72. The molecular weight excluding hydrogens is 368 g/mol. The van der Waals surface area contributed by atoms with E-state index in [9.17, 15) is 9.59 Å². The van der Waals surface area contributed by atoms with Crippen molar-refractivity contribution in [2.45, 2.75) is 25.4 Å². The Hall–Kier alpha value is -3.78. The Labute approximate surface area is 169 Å². The van der Waals surface area contributed by atoms with Gasteiger partial charge in [0, 0.05) is 27.9 Å². The summed E-state index contributed by atoms with van der Waals surface area (Å²) in [6, 6.07) is 12.5. The van der Waals surface area contributed by atoms with Gasteiger partial charge in [-0.25, -0.2) is 5.48 Å². The molecule has 1 atom stereocenters. The Morgan fingerprint density at radius 2 is 1.45 bits per heavy atom. The number of benzene rings is 2. The number of nitrogens with one attached hydrogen (secondary N) is 2. The van der Waals surface area contributed by atoms with E-state index in [1.807, 2.05) is 12.1 Å². The van der Waals surface area contributed by atoms with Crippen molar-refractivity contribution in [3.8, 4) is 23.7 Å². The maximum atomic E-state index is 12.4. The van der Waals surface area contributed by atoms with Crippen LogP contribution in [0.1, 0.15) is 35.3 Å². The highest BCUT2D eigenvalue weighted by Crippen LogP contribution is 2.09. The van der Waals surface area contributed by atoms with E-state index in [1.54, 1.807) is 50.2 Å². The van der Waals surface area contributed by atoms with E-state index in [4.69, 9.17) is 16.7 Å². The van der Waals surface area contributed by atoms with Gasteiger partial charge in [0.05, 0.1) is 0 Å². The Balaban J connectivity index is 2.06. The van der Waals surface area contributed by atoms with Crippen molar-refractivity contribution in [3.05, 3.63) is 65.2 Å². The maximum absolute atomic E-state index is 12.4. The van der Waals surface area contributed by atoms with Crippen LogP contribution in [-0.4, -0.2) is 28.6 Å². The van der Waals surface area contributed by atoms with E-state index in [-0.39, 0.29) is 0 Å². The number of nitrogen functional groups attached to an aromatic ring is 1. The standard InChI is InChI=1S/C22H22N4O3/c1-22(2,24)19(21(28)26-29)25-20(27)17-11-7-15(8-12-17)5-3-4-6-16-9-13-18(23)14-10-16/h7-14,19,29H,23-24H2,1-2H3,(H,25,27)(H,26,28)/t19-/m1/s1. The van der Waals surface area contributed by atoms with E-state index in [2.05, 4.69) is 29.0 Å². The van der Waals surface area contributed by atoms with Crippen molar-refractivity contribution in [2.24, 2.45) is 5.73 Å². The highest BCUT2D eigenvalue weighted by Gasteiger charge is 2.33. The third kappa shape index (κ3) is 6.40. The third-order valence-corrected chi connectivity index (χ3v) is 3.93. The average Bonchev–Trinajstić information content (AvgIpc) is 2.69. The van der Waals surface area contributed by atoms with Crippen molar-refractivity contribution >= 4 is 17.5 Å². The lowest BCUT2D eigenvalue weighted by atomic mass is 9.95. The molecule has 0 fully saturated rings. The quantitative estimate of drug-likeness (QED) is 0.230. The van der Waals surface area contributed by atoms with Crippen LogP contribution in [0.15, 0.2) is 48.5 Å². The molecule has 0 heterocycles. The number of hydroxylamine groups is 1. The summed E-state index contributed by atoms with van der Waals surface area (Å²) in [6.07, 6.45) is 0. The molecule has 0 bridgehead atoms. The predicted octanol–water partition coefficient (Wildman–Crippen LogP) is 1.01. The number of hydrogen-bond donors (Lipinski definition) is 5. The molecule has 7 nitrogen and oxygen atoms in total. The molecule has 148 valence electrons. The first-order chi connectivity index (χ1) is 13.7. The van der Waals surface area contributed by atoms with E-state index < -0.39 is 23.4 Å². The fourth-order valence-electron chi connectivity index (χ4n) is 2.35. The monoisotopic (exact) mass is 390 g/mol. The van der Waals surface area contributed by atoms with Gasteiger partial charge in [0.15, 0.2) is 0 Å². The van der Waals surface area contributed by atoms with Crippen LogP contribution in [0.3, 0.4) is 0 Å². The van der Waals surface area contributed by atoms with Gasteiger partial charge in [-0.05, 0) is 74.2 Å². The molecule has 0 aliphatic heterocycles. The molecule has 0 unspecified atom stereocenters. The number of carbonyl (C=O) groups excluding carboxylic acids is 2. The maximum Gasteiger partial charge on any atom is 0.267 e. The molecule has 7 heteroatoms. The second kappa shape index (κ2) is 9.43. The highest BCUT2D eigenvalue weighted by atomic mass is 16.5. The van der Waals surface area contributed by atoms with E-state index in [0.717, 1.165) is 5.56 Å². The lowest BCUT2D eigenvalue weighted by Crippen LogP contribution is -2.61. The summed E-state index contributed by atoms with van der Waals surface area (Å²) < 4.78 is 0. The summed E-state index contributed by atoms with van der Waals surface area (Å²) in [5, 5.41) is 11.4. The fraction of sp³-hybridized carbons (Fsp3) is 0.182. The van der Waals surface area contributed by atoms with Gasteiger partial charge >= 0.3 is 0 Å². The summed E-state index contributed by atoms with van der Waals surface area (Å²) in [6.45, 7) is 3.13. The molecular formula is C22H22N4O3. The SMILES string of the molecule is CC(C)(N)[C@H](NC(=O)c1ccc(C#CC#Cc2ccc(N)cc2)cc1)C(=O)NO. The van der Waals surface area contributed by atoms with Crippen LogP contribution < -0.4 is 22.3 Å². The first-order valence-electron chi connectivity index (χ1n) is 8.72. The van der Waals surface area contributed by atoms with Gasteiger partial charge in [0.25, 0.3) is 11.8 Å². The minimum Gasteiger partial charge on any atom is -0.399 e. The number of nitrogens with two attached hydrogens (primary N) is 2. The number of carbonyl (C=O) groups is 2. The Bertz CT molecular complexity index is 999. The normalized spacial score (nSPS) is 11.2. The lowest BCUT2D eigenvalue weighted by Gasteiger charge is -2.29. The van der Waals surface area contributed by atoms with Crippen molar-refractivity contribution in [3.63, 3.8) is 0 Å². The van der Waals surface area contributed by atoms with Gasteiger partial charge < -0.3 is 16.8 Å². The average molecular weight is 390 g/mol. The summed E-state index contributed by atoms with van der Waals surface area (Å²) >= 11 is 0. The van der Waals surface area contributed by atoms with Gasteiger partial charge in [-0.15, -0.1) is 0 Å². The topological polar surface area (TPSA) is 130 Å². The van der Waals surface area contributed by atoms with Gasteiger partial charge in [-0.1, -0.05) is 11.8 Å². The van der Waals surface area contributed by atoms with Crippen LogP contribution in [0.2, 0.25) is 0 Å². The van der Waals surface area contributed by atoms with Crippen molar-refractivity contribution < 1.29 is 14.8 Å². The van der Waals surface area contributed by atoms with Crippen LogP contribution >= 0.6 is 0 Å². The molecule has 2 aromatic rings. The van der Waals surface area contributed by atoms with E-state index >= 15 is 0 Å². The van der Waals surface area contributed by atoms with Crippen LogP contribution in [0, 0.1) is 23.7 Å². The Kier molecular flexibility index (Phi) is 6.99. The smallest absolute Gasteiger partial charge is 0.267 e. The molecule has 0 aromatic heterocycles. The molecule has 0 radical (unpaired) electrons. The lowest BCUT2D eigenvalue weighted by molar-refractivity contribution is -0.132. The molecule has 2 amide bonds. The van der Waals surface area contributed by atoms with Crippen molar-refractivity contribution in [2.75, 3.05) is 5.73 Å². The van der Waals surface area contributed by atoms with Crippen LogP contribution in [0.5, 0.6) is 0 Å². The molecule has 0 aliphatic carbocycles. The molecule has 2 rings (SSSR count). The van der Waals surface area contributed by atoms with Gasteiger partial charge in [0.1, 0.15) is 6.04 Å². The van der Waals surface area contributed by atoms with Gasteiger partial charge in [-0.2, -0.15) is 0 Å². The number of hydrogen-bond acceptors (Lipinski definition) is 5. The molecule has 0 spiro atoms. The predicted molar refractivity (Wildman–Crippen MR) is 111 cm³/mol. The summed E-state index contributed by atoms with van der Waals surface area (Å²) in [4.78, 5) is 24.1.